The number of hydrogen-bond acceptors (Lipinski definition) is 2. The lowest BCUT2D eigenvalue weighted by Crippen LogP contribution is -2.39. The molecule has 1 saturated heterocycles. The van der Waals surface area contributed by atoms with Gasteiger partial charge in [0.15, 0.2) is 0 Å². The van der Waals surface area contributed by atoms with Crippen molar-refractivity contribution in [3.05, 3.63) is 41.2 Å². The Morgan fingerprint density at radius 3 is 2.95 bits per heavy atom. The van der Waals surface area contributed by atoms with Crippen LogP contribution in [0.3, 0.4) is 0 Å². The van der Waals surface area contributed by atoms with E-state index in [-0.39, 0.29) is 11.8 Å². The number of carboxylic acids is 1. The number of hydrogen-bond donors (Lipinski definition) is 1. The molecule has 1 N–H and O–H groups in total. The SMILES string of the molecule is CC1CCCN(Cc2cc(F)cc(/C=C/C(=O)O)c2)C1=O. The number of carbonyl (C=O) groups excluding carboxylic acids is 1. The van der Waals surface area contributed by atoms with Gasteiger partial charge in [0.1, 0.15) is 5.82 Å². The van der Waals surface area contributed by atoms with Crippen LogP contribution in [0.5, 0.6) is 0 Å². The van der Waals surface area contributed by atoms with Gasteiger partial charge in [-0.3, -0.25) is 4.79 Å². The third-order valence-corrected chi connectivity index (χ3v) is 3.57. The zero-order valence-corrected chi connectivity index (χ0v) is 11.9. The smallest absolute Gasteiger partial charge is 0.328 e. The number of benzene rings is 1. The highest BCUT2D eigenvalue weighted by Crippen LogP contribution is 2.20. The van der Waals surface area contributed by atoms with E-state index in [0.717, 1.165) is 18.9 Å². The van der Waals surface area contributed by atoms with Crippen LogP contribution in [0.1, 0.15) is 30.9 Å². The molecule has 4 nitrogen and oxygen atoms in total. The van der Waals surface area contributed by atoms with Crippen LogP contribution >= 0.6 is 0 Å². The summed E-state index contributed by atoms with van der Waals surface area (Å²) in [5.74, 6) is -1.41. The molecule has 0 aromatic heterocycles. The Balaban J connectivity index is 2.16. The zero-order valence-electron chi connectivity index (χ0n) is 11.9. The van der Waals surface area contributed by atoms with Crippen molar-refractivity contribution >= 4 is 18.0 Å². The lowest BCUT2D eigenvalue weighted by atomic mass is 9.98. The molecule has 1 aromatic carbocycles. The van der Waals surface area contributed by atoms with Crippen LogP contribution in [0.15, 0.2) is 24.3 Å². The third kappa shape index (κ3) is 4.15. The van der Waals surface area contributed by atoms with Gasteiger partial charge in [-0.05, 0) is 48.2 Å². The van der Waals surface area contributed by atoms with E-state index in [2.05, 4.69) is 0 Å². The van der Waals surface area contributed by atoms with Gasteiger partial charge in [0, 0.05) is 25.1 Å². The van der Waals surface area contributed by atoms with E-state index in [9.17, 15) is 14.0 Å². The minimum Gasteiger partial charge on any atom is -0.478 e. The van der Waals surface area contributed by atoms with Crippen molar-refractivity contribution in [3.63, 3.8) is 0 Å². The molecule has 1 fully saturated rings. The van der Waals surface area contributed by atoms with Gasteiger partial charge in [0.05, 0.1) is 0 Å². The van der Waals surface area contributed by atoms with Crippen LogP contribution in [0, 0.1) is 11.7 Å². The zero-order chi connectivity index (χ0) is 15.4. The van der Waals surface area contributed by atoms with Gasteiger partial charge in [0.2, 0.25) is 5.91 Å². The first kappa shape index (κ1) is 15.2. The monoisotopic (exact) mass is 291 g/mol. The molecule has 0 aliphatic carbocycles. The average Bonchev–Trinajstić information content (AvgIpc) is 2.41. The van der Waals surface area contributed by atoms with Gasteiger partial charge >= 0.3 is 5.97 Å². The van der Waals surface area contributed by atoms with E-state index < -0.39 is 11.8 Å². The summed E-state index contributed by atoms with van der Waals surface area (Å²) in [5, 5.41) is 8.60. The van der Waals surface area contributed by atoms with Crippen molar-refractivity contribution < 1.29 is 19.1 Å². The van der Waals surface area contributed by atoms with Crippen molar-refractivity contribution in [3.8, 4) is 0 Å². The van der Waals surface area contributed by atoms with Crippen LogP contribution in [0.25, 0.3) is 6.08 Å². The number of likely N-dealkylation sites (tertiary alicyclic amines) is 1. The summed E-state index contributed by atoms with van der Waals surface area (Å²) in [5.41, 5.74) is 1.15. The van der Waals surface area contributed by atoms with Crippen molar-refractivity contribution in [2.45, 2.75) is 26.3 Å². The van der Waals surface area contributed by atoms with E-state index in [1.165, 1.54) is 18.2 Å². The highest BCUT2D eigenvalue weighted by Gasteiger charge is 2.25. The van der Waals surface area contributed by atoms with Crippen LogP contribution in [-0.2, 0) is 16.1 Å². The van der Waals surface area contributed by atoms with Gasteiger partial charge in [-0.1, -0.05) is 6.92 Å². The predicted octanol–water partition coefficient (Wildman–Crippen LogP) is 2.68. The summed E-state index contributed by atoms with van der Waals surface area (Å²) >= 11 is 0. The Morgan fingerprint density at radius 2 is 2.24 bits per heavy atom. The van der Waals surface area contributed by atoms with Crippen LogP contribution in [0.4, 0.5) is 4.39 Å². The first-order valence-electron chi connectivity index (χ1n) is 6.95. The molecule has 112 valence electrons. The lowest BCUT2D eigenvalue weighted by molar-refractivity contribution is -0.138. The van der Waals surface area contributed by atoms with Gasteiger partial charge < -0.3 is 10.0 Å². The number of amides is 1. The predicted molar refractivity (Wildman–Crippen MR) is 76.9 cm³/mol. The molecule has 0 saturated carbocycles. The fourth-order valence-corrected chi connectivity index (χ4v) is 2.54. The summed E-state index contributed by atoms with van der Waals surface area (Å²) in [4.78, 5) is 24.3. The standard InChI is InChI=1S/C16H18FNO3/c1-11-3-2-6-18(16(11)21)10-13-7-12(4-5-15(19)20)8-14(17)9-13/h4-5,7-9,11H,2-3,6,10H2,1H3,(H,19,20)/b5-4+. The van der Waals surface area contributed by atoms with Crippen LogP contribution in [0.2, 0.25) is 0 Å². The Bertz CT molecular complexity index is 583. The van der Waals surface area contributed by atoms with Crippen LogP contribution in [-0.4, -0.2) is 28.4 Å². The molecule has 0 bridgehead atoms. The second-order valence-electron chi connectivity index (χ2n) is 5.37. The van der Waals surface area contributed by atoms with E-state index in [1.807, 2.05) is 6.92 Å². The highest BCUT2D eigenvalue weighted by molar-refractivity contribution is 5.85. The molecule has 1 amide bonds. The number of carbonyl (C=O) groups is 2. The second kappa shape index (κ2) is 6.52. The molecule has 0 radical (unpaired) electrons. The molecule has 0 spiro atoms. The molecule has 1 aliphatic rings. The van der Waals surface area contributed by atoms with Crippen molar-refractivity contribution in [2.75, 3.05) is 6.54 Å². The maximum absolute atomic E-state index is 13.6. The first-order valence-corrected chi connectivity index (χ1v) is 6.95. The van der Waals surface area contributed by atoms with E-state index in [1.54, 1.807) is 11.0 Å². The van der Waals surface area contributed by atoms with E-state index >= 15 is 0 Å². The molecular weight excluding hydrogens is 273 g/mol. The number of rotatable bonds is 4. The molecule has 1 unspecified atom stereocenters. The lowest BCUT2D eigenvalue weighted by Gasteiger charge is -2.30. The Labute approximate surface area is 122 Å². The summed E-state index contributed by atoms with van der Waals surface area (Å²) < 4.78 is 13.6. The molecule has 5 heteroatoms. The molecule has 2 rings (SSSR count). The van der Waals surface area contributed by atoms with Crippen LogP contribution < -0.4 is 0 Å². The summed E-state index contributed by atoms with van der Waals surface area (Å²) in [6.07, 6.45) is 4.15. The Morgan fingerprint density at radius 1 is 1.48 bits per heavy atom. The average molecular weight is 291 g/mol. The fraction of sp³-hybridized carbons (Fsp3) is 0.375. The largest absolute Gasteiger partial charge is 0.478 e. The molecule has 1 aromatic rings. The Hall–Kier alpha value is -2.17. The maximum atomic E-state index is 13.6. The van der Waals surface area contributed by atoms with Gasteiger partial charge in [0.25, 0.3) is 0 Å². The maximum Gasteiger partial charge on any atom is 0.328 e. The van der Waals surface area contributed by atoms with E-state index in [0.29, 0.717) is 24.2 Å². The van der Waals surface area contributed by atoms with Gasteiger partial charge in [-0.25, -0.2) is 9.18 Å². The summed E-state index contributed by atoms with van der Waals surface area (Å²) in [6, 6.07) is 4.35. The highest BCUT2D eigenvalue weighted by atomic mass is 19.1. The second-order valence-corrected chi connectivity index (χ2v) is 5.37. The van der Waals surface area contributed by atoms with Crippen molar-refractivity contribution in [2.24, 2.45) is 5.92 Å². The first-order chi connectivity index (χ1) is 9.95. The number of carboxylic acid groups (broad SMARTS) is 1. The molecule has 1 heterocycles. The molecular formula is C16H18FNO3. The minimum atomic E-state index is -1.08. The normalized spacial score (nSPS) is 19.2. The summed E-state index contributed by atoms with van der Waals surface area (Å²) in [6.45, 7) is 2.94. The third-order valence-electron chi connectivity index (χ3n) is 3.57. The quantitative estimate of drug-likeness (QED) is 0.868. The number of aliphatic carboxylic acids is 1. The number of halogens is 1. The minimum absolute atomic E-state index is 0.0127. The van der Waals surface area contributed by atoms with Gasteiger partial charge in [-0.2, -0.15) is 0 Å². The van der Waals surface area contributed by atoms with Crippen molar-refractivity contribution in [1.29, 1.82) is 0 Å². The molecule has 1 aliphatic heterocycles. The molecule has 21 heavy (non-hydrogen) atoms. The summed E-state index contributed by atoms with van der Waals surface area (Å²) in [7, 11) is 0. The fourth-order valence-electron chi connectivity index (χ4n) is 2.54. The number of nitrogens with zero attached hydrogens (tertiary/aromatic N) is 1. The number of piperidine rings is 1. The van der Waals surface area contributed by atoms with E-state index in [4.69, 9.17) is 5.11 Å². The Kier molecular flexibility index (Phi) is 4.73. The van der Waals surface area contributed by atoms with Crippen molar-refractivity contribution in [1.82, 2.24) is 4.90 Å². The van der Waals surface area contributed by atoms with Gasteiger partial charge in [-0.15, -0.1) is 0 Å². The topological polar surface area (TPSA) is 57.6 Å². The molecule has 1 atom stereocenters.